The maximum Gasteiger partial charge on any atom is 0.0159 e. The van der Waals surface area contributed by atoms with Crippen molar-refractivity contribution in [2.75, 3.05) is 0 Å². The summed E-state index contributed by atoms with van der Waals surface area (Å²) in [6.45, 7) is 4.75. The van der Waals surface area contributed by atoms with Crippen LogP contribution in [0.5, 0.6) is 0 Å². The van der Waals surface area contributed by atoms with Crippen molar-refractivity contribution in [1.82, 2.24) is 0 Å². The van der Waals surface area contributed by atoms with Gasteiger partial charge in [-0.15, -0.1) is 0 Å². The summed E-state index contributed by atoms with van der Waals surface area (Å²) in [4.78, 5) is 0. The highest BCUT2D eigenvalue weighted by atomic mass is 14.4. The van der Waals surface area contributed by atoms with Crippen molar-refractivity contribution in [3.8, 4) is 33.4 Å². The van der Waals surface area contributed by atoms with Crippen molar-refractivity contribution in [2.45, 2.75) is 19.3 Å². The lowest BCUT2D eigenvalue weighted by atomic mass is 9.67. The fraction of sp³-hybridized carbons (Fsp3) is 0.0769. The van der Waals surface area contributed by atoms with E-state index in [1.165, 1.54) is 76.8 Å². The summed E-state index contributed by atoms with van der Waals surface area (Å²) in [5, 5.41) is 7.92. The van der Waals surface area contributed by atoms with E-state index in [-0.39, 0.29) is 5.41 Å². The molecule has 0 saturated heterocycles. The van der Waals surface area contributed by atoms with Crippen molar-refractivity contribution in [2.24, 2.45) is 0 Å². The van der Waals surface area contributed by atoms with Crippen molar-refractivity contribution in [3.63, 3.8) is 0 Å². The van der Waals surface area contributed by atoms with Crippen LogP contribution in [0, 0.1) is 0 Å². The Morgan fingerprint density at radius 3 is 1.90 bits per heavy atom. The molecule has 0 radical (unpaired) electrons. The van der Waals surface area contributed by atoms with E-state index in [9.17, 15) is 0 Å². The molecule has 0 atom stereocenters. The van der Waals surface area contributed by atoms with E-state index >= 15 is 0 Å². The minimum Gasteiger partial charge on any atom is -0.0622 e. The summed E-state index contributed by atoms with van der Waals surface area (Å²) < 4.78 is 0. The number of fused-ring (bicyclic) bond motifs is 5. The summed E-state index contributed by atoms with van der Waals surface area (Å²) in [6.07, 6.45) is 0. The third kappa shape index (κ3) is 3.12. The van der Waals surface area contributed by atoms with E-state index in [0.717, 1.165) is 0 Å². The molecule has 0 heterocycles. The van der Waals surface area contributed by atoms with Gasteiger partial charge in [0.15, 0.2) is 0 Å². The van der Waals surface area contributed by atoms with Gasteiger partial charge < -0.3 is 0 Å². The fourth-order valence-corrected chi connectivity index (χ4v) is 7.01. The second-order valence-corrected chi connectivity index (χ2v) is 11.3. The summed E-state index contributed by atoms with van der Waals surface area (Å²) in [7, 11) is 0. The molecule has 0 heteroatoms. The van der Waals surface area contributed by atoms with Gasteiger partial charge in [0.05, 0.1) is 0 Å². The van der Waals surface area contributed by atoms with E-state index in [4.69, 9.17) is 0 Å². The molecular weight excluding hydrogens is 468 g/mol. The highest BCUT2D eigenvalue weighted by Gasteiger charge is 2.35. The lowest BCUT2D eigenvalue weighted by Gasteiger charge is -2.36. The van der Waals surface area contributed by atoms with Gasteiger partial charge in [-0.25, -0.2) is 0 Å². The minimum absolute atomic E-state index is 0.0813. The molecule has 0 saturated carbocycles. The van der Waals surface area contributed by atoms with E-state index < -0.39 is 0 Å². The van der Waals surface area contributed by atoms with Crippen LogP contribution in [-0.4, -0.2) is 0 Å². The summed E-state index contributed by atoms with van der Waals surface area (Å²) in [5.74, 6) is 0. The maximum atomic E-state index is 2.38. The number of hydrogen-bond acceptors (Lipinski definition) is 0. The zero-order valence-corrected chi connectivity index (χ0v) is 22.2. The van der Waals surface area contributed by atoms with Crippen LogP contribution in [0.3, 0.4) is 0 Å². The Balaban J connectivity index is 1.55. The van der Waals surface area contributed by atoms with Crippen LogP contribution < -0.4 is 0 Å². The molecule has 1 aliphatic carbocycles. The zero-order chi connectivity index (χ0) is 26.1. The number of hydrogen-bond donors (Lipinski definition) is 0. The molecular formula is C39H28. The maximum absolute atomic E-state index is 2.38. The van der Waals surface area contributed by atoms with E-state index in [0.29, 0.717) is 0 Å². The highest BCUT2D eigenvalue weighted by molar-refractivity contribution is 6.25. The molecule has 0 N–H and O–H groups in total. The van der Waals surface area contributed by atoms with Crippen molar-refractivity contribution in [1.29, 1.82) is 0 Å². The van der Waals surface area contributed by atoms with E-state index in [2.05, 4.69) is 147 Å². The number of benzene rings is 7. The molecule has 184 valence electrons. The Bertz CT molecular complexity index is 2080. The molecule has 0 bridgehead atoms. The molecule has 1 aliphatic rings. The van der Waals surface area contributed by atoms with Crippen molar-refractivity contribution in [3.05, 3.63) is 145 Å². The van der Waals surface area contributed by atoms with Gasteiger partial charge in [-0.3, -0.25) is 0 Å². The van der Waals surface area contributed by atoms with Gasteiger partial charge in [0, 0.05) is 5.41 Å². The summed E-state index contributed by atoms with van der Waals surface area (Å²) in [5.41, 5.74) is 10.6. The minimum atomic E-state index is -0.0813. The zero-order valence-electron chi connectivity index (χ0n) is 22.2. The molecule has 0 spiro atoms. The van der Waals surface area contributed by atoms with Crippen molar-refractivity contribution >= 4 is 32.3 Å². The van der Waals surface area contributed by atoms with Gasteiger partial charge in [-0.1, -0.05) is 141 Å². The van der Waals surface area contributed by atoms with Crippen LogP contribution in [0.4, 0.5) is 0 Å². The SMILES string of the molecule is CC1(C)c2ccccc2-c2c3ccccc3c(-c3cccc4ccc(-c5ccccc5)cc34)c3cccc1c23. The van der Waals surface area contributed by atoms with Crippen molar-refractivity contribution < 1.29 is 0 Å². The predicted molar refractivity (Wildman–Crippen MR) is 167 cm³/mol. The molecule has 0 amide bonds. The standard InChI is InChI=1S/C39H28/c1-39(2)34-20-9-8-17-31(34)37-29-16-7-6-15-28(29)36(32-19-11-21-35(39)38(32)37)30-18-10-14-26-22-23-27(24-33(26)30)25-12-4-3-5-13-25/h3-24H,1-2H3. The molecule has 0 nitrogen and oxygen atoms in total. The third-order valence-corrected chi connectivity index (χ3v) is 8.85. The Hall–Kier alpha value is -4.68. The smallest absolute Gasteiger partial charge is 0.0159 e. The Labute approximate surface area is 229 Å². The lowest BCUT2D eigenvalue weighted by molar-refractivity contribution is 0.645. The van der Waals surface area contributed by atoms with E-state index in [1.54, 1.807) is 0 Å². The Morgan fingerprint density at radius 1 is 0.410 bits per heavy atom. The quantitative estimate of drug-likeness (QED) is 0.209. The number of rotatable bonds is 2. The largest absolute Gasteiger partial charge is 0.0622 e. The Morgan fingerprint density at radius 2 is 1.05 bits per heavy atom. The second kappa shape index (κ2) is 8.16. The van der Waals surface area contributed by atoms with Gasteiger partial charge in [0.2, 0.25) is 0 Å². The van der Waals surface area contributed by atoms with Gasteiger partial charge in [-0.05, 0) is 82.9 Å². The summed E-state index contributed by atoms with van der Waals surface area (Å²) >= 11 is 0. The molecule has 0 aliphatic heterocycles. The predicted octanol–water partition coefficient (Wildman–Crippen LogP) is 10.8. The highest BCUT2D eigenvalue weighted by Crippen LogP contribution is 2.54. The monoisotopic (exact) mass is 496 g/mol. The van der Waals surface area contributed by atoms with Gasteiger partial charge in [-0.2, -0.15) is 0 Å². The van der Waals surface area contributed by atoms with Crippen LogP contribution in [-0.2, 0) is 5.41 Å². The molecule has 7 aromatic carbocycles. The first kappa shape index (κ1) is 22.3. The molecule has 39 heavy (non-hydrogen) atoms. The van der Waals surface area contributed by atoms with Crippen LogP contribution >= 0.6 is 0 Å². The first-order valence-corrected chi connectivity index (χ1v) is 13.8. The molecule has 0 unspecified atom stereocenters. The first-order valence-electron chi connectivity index (χ1n) is 13.8. The normalized spacial score (nSPS) is 13.6. The average molecular weight is 497 g/mol. The third-order valence-electron chi connectivity index (χ3n) is 8.85. The van der Waals surface area contributed by atoms with E-state index in [1.807, 2.05) is 0 Å². The Kier molecular flexibility index (Phi) is 4.67. The molecule has 0 aromatic heterocycles. The fourth-order valence-electron chi connectivity index (χ4n) is 7.01. The lowest BCUT2D eigenvalue weighted by Crippen LogP contribution is -2.23. The van der Waals surface area contributed by atoms with Gasteiger partial charge >= 0.3 is 0 Å². The molecule has 7 aromatic rings. The van der Waals surface area contributed by atoms with Crippen LogP contribution in [0.25, 0.3) is 65.7 Å². The van der Waals surface area contributed by atoms with Gasteiger partial charge in [0.25, 0.3) is 0 Å². The average Bonchev–Trinajstić information content (AvgIpc) is 2.99. The van der Waals surface area contributed by atoms with Crippen LogP contribution in [0.2, 0.25) is 0 Å². The molecule has 8 rings (SSSR count). The summed E-state index contributed by atoms with van der Waals surface area (Å²) in [6, 6.07) is 49.3. The van der Waals surface area contributed by atoms with Crippen LogP contribution in [0.1, 0.15) is 25.0 Å². The first-order chi connectivity index (χ1) is 19.1. The topological polar surface area (TPSA) is 0 Å². The molecule has 0 fully saturated rings. The van der Waals surface area contributed by atoms with Crippen LogP contribution in [0.15, 0.2) is 133 Å². The second-order valence-electron chi connectivity index (χ2n) is 11.3. The van der Waals surface area contributed by atoms with Gasteiger partial charge in [0.1, 0.15) is 0 Å².